The first-order valence-electron chi connectivity index (χ1n) is 14.4. The van der Waals surface area contributed by atoms with Crippen LogP contribution in [0.5, 0.6) is 0 Å². The molecule has 0 N–H and O–H groups in total. The summed E-state index contributed by atoms with van der Waals surface area (Å²) in [4.78, 5) is 0. The van der Waals surface area contributed by atoms with Gasteiger partial charge in [0, 0.05) is 38.3 Å². The highest BCUT2D eigenvalue weighted by Gasteiger charge is 2.35. The SMILES string of the molecule is CC1(C)c2ccccc2-c2ccc(-n3c4ccccc4c4c5c6ccccc6n(-c6ccccc6)c5ccc43)cc21. The summed E-state index contributed by atoms with van der Waals surface area (Å²) in [5.74, 6) is 0. The monoisotopic (exact) mass is 524 g/mol. The van der Waals surface area contributed by atoms with E-state index in [0.717, 1.165) is 0 Å². The molecule has 0 fully saturated rings. The van der Waals surface area contributed by atoms with Gasteiger partial charge in [0.2, 0.25) is 0 Å². The Morgan fingerprint density at radius 2 is 0.951 bits per heavy atom. The van der Waals surface area contributed by atoms with Crippen LogP contribution in [-0.2, 0) is 5.41 Å². The van der Waals surface area contributed by atoms with Gasteiger partial charge in [-0.05, 0) is 70.8 Å². The minimum Gasteiger partial charge on any atom is -0.309 e. The maximum Gasteiger partial charge on any atom is 0.0548 e. The van der Waals surface area contributed by atoms with E-state index in [-0.39, 0.29) is 5.41 Å². The second-order valence-electron chi connectivity index (χ2n) is 11.8. The Bertz CT molecular complexity index is 2330. The van der Waals surface area contributed by atoms with Crippen LogP contribution >= 0.6 is 0 Å². The van der Waals surface area contributed by atoms with E-state index in [1.54, 1.807) is 0 Å². The first kappa shape index (κ1) is 22.7. The molecule has 41 heavy (non-hydrogen) atoms. The molecule has 0 saturated carbocycles. The molecule has 0 saturated heterocycles. The fraction of sp³-hybridized carbons (Fsp3) is 0.0769. The average molecular weight is 525 g/mol. The summed E-state index contributed by atoms with van der Waals surface area (Å²) >= 11 is 0. The molecular weight excluding hydrogens is 496 g/mol. The molecule has 1 aliphatic rings. The van der Waals surface area contributed by atoms with Crippen molar-refractivity contribution in [3.8, 4) is 22.5 Å². The Morgan fingerprint density at radius 3 is 1.63 bits per heavy atom. The lowest BCUT2D eigenvalue weighted by Crippen LogP contribution is -2.15. The Hall–Kier alpha value is -5.08. The quantitative estimate of drug-likeness (QED) is 0.213. The summed E-state index contributed by atoms with van der Waals surface area (Å²) in [6.45, 7) is 4.71. The molecule has 0 aliphatic heterocycles. The second kappa shape index (κ2) is 7.99. The van der Waals surface area contributed by atoms with Gasteiger partial charge in [0.05, 0.1) is 22.1 Å². The van der Waals surface area contributed by atoms with Gasteiger partial charge in [0.25, 0.3) is 0 Å². The summed E-state index contributed by atoms with van der Waals surface area (Å²) in [6.07, 6.45) is 0. The topological polar surface area (TPSA) is 9.86 Å². The van der Waals surface area contributed by atoms with Crippen molar-refractivity contribution in [2.45, 2.75) is 19.3 Å². The maximum atomic E-state index is 2.47. The van der Waals surface area contributed by atoms with Crippen LogP contribution in [0.25, 0.3) is 66.1 Å². The van der Waals surface area contributed by atoms with Crippen LogP contribution in [0.2, 0.25) is 0 Å². The summed E-state index contributed by atoms with van der Waals surface area (Å²) in [5, 5.41) is 5.19. The molecule has 0 amide bonds. The highest BCUT2D eigenvalue weighted by atomic mass is 15.0. The lowest BCUT2D eigenvalue weighted by Gasteiger charge is -2.22. The third kappa shape index (κ3) is 2.92. The van der Waals surface area contributed by atoms with Gasteiger partial charge >= 0.3 is 0 Å². The van der Waals surface area contributed by atoms with E-state index in [4.69, 9.17) is 0 Å². The zero-order chi connectivity index (χ0) is 27.3. The van der Waals surface area contributed by atoms with Crippen molar-refractivity contribution in [2.24, 2.45) is 0 Å². The van der Waals surface area contributed by atoms with Crippen molar-refractivity contribution in [1.29, 1.82) is 0 Å². The number of hydrogen-bond acceptors (Lipinski definition) is 0. The molecule has 2 heteroatoms. The Kier molecular flexibility index (Phi) is 4.42. The van der Waals surface area contributed by atoms with Gasteiger partial charge in [0.15, 0.2) is 0 Å². The summed E-state index contributed by atoms with van der Waals surface area (Å²) in [6, 6.07) is 49.0. The van der Waals surface area contributed by atoms with Crippen molar-refractivity contribution in [3.05, 3.63) is 145 Å². The van der Waals surface area contributed by atoms with Gasteiger partial charge < -0.3 is 9.13 Å². The van der Waals surface area contributed by atoms with E-state index in [0.29, 0.717) is 0 Å². The first-order chi connectivity index (χ1) is 20.1. The Labute approximate surface area is 238 Å². The fourth-order valence-corrected chi connectivity index (χ4v) is 7.48. The molecule has 0 radical (unpaired) electrons. The largest absolute Gasteiger partial charge is 0.309 e. The molecule has 0 unspecified atom stereocenters. The van der Waals surface area contributed by atoms with Crippen molar-refractivity contribution >= 4 is 43.6 Å². The number of fused-ring (bicyclic) bond motifs is 10. The van der Waals surface area contributed by atoms with Crippen LogP contribution in [-0.4, -0.2) is 9.13 Å². The molecule has 2 aromatic heterocycles. The molecular formula is C39H28N2. The van der Waals surface area contributed by atoms with E-state index in [2.05, 4.69) is 156 Å². The maximum absolute atomic E-state index is 2.47. The van der Waals surface area contributed by atoms with Crippen LogP contribution in [0.4, 0.5) is 0 Å². The zero-order valence-corrected chi connectivity index (χ0v) is 23.1. The van der Waals surface area contributed by atoms with E-state index in [1.807, 2.05) is 0 Å². The minimum absolute atomic E-state index is 0.0446. The lowest BCUT2D eigenvalue weighted by atomic mass is 9.82. The summed E-state index contributed by atoms with van der Waals surface area (Å²) in [5.41, 5.74) is 12.8. The zero-order valence-electron chi connectivity index (χ0n) is 23.1. The normalized spacial score (nSPS) is 13.8. The smallest absolute Gasteiger partial charge is 0.0548 e. The van der Waals surface area contributed by atoms with Crippen LogP contribution in [0.15, 0.2) is 133 Å². The van der Waals surface area contributed by atoms with Crippen LogP contribution in [0, 0.1) is 0 Å². The second-order valence-corrected chi connectivity index (χ2v) is 11.8. The number of para-hydroxylation sites is 3. The van der Waals surface area contributed by atoms with Crippen LogP contribution in [0.3, 0.4) is 0 Å². The molecule has 194 valence electrons. The van der Waals surface area contributed by atoms with Crippen molar-refractivity contribution in [1.82, 2.24) is 9.13 Å². The van der Waals surface area contributed by atoms with E-state index in [1.165, 1.54) is 77.2 Å². The molecule has 8 aromatic rings. The molecule has 0 atom stereocenters. The Balaban J connectivity index is 1.40. The van der Waals surface area contributed by atoms with Crippen molar-refractivity contribution < 1.29 is 0 Å². The number of rotatable bonds is 2. The third-order valence-corrected chi connectivity index (χ3v) is 9.31. The van der Waals surface area contributed by atoms with E-state index < -0.39 is 0 Å². The van der Waals surface area contributed by atoms with Gasteiger partial charge in [-0.2, -0.15) is 0 Å². The number of nitrogens with zero attached hydrogens (tertiary/aromatic N) is 2. The first-order valence-corrected chi connectivity index (χ1v) is 14.4. The lowest BCUT2D eigenvalue weighted by molar-refractivity contribution is 0.660. The van der Waals surface area contributed by atoms with E-state index in [9.17, 15) is 0 Å². The molecule has 0 spiro atoms. The third-order valence-electron chi connectivity index (χ3n) is 9.31. The molecule has 1 aliphatic carbocycles. The molecule has 0 bridgehead atoms. The summed E-state index contributed by atoms with van der Waals surface area (Å²) in [7, 11) is 0. The van der Waals surface area contributed by atoms with Gasteiger partial charge in [-0.15, -0.1) is 0 Å². The van der Waals surface area contributed by atoms with Gasteiger partial charge in [-0.1, -0.05) is 98.8 Å². The highest BCUT2D eigenvalue weighted by Crippen LogP contribution is 2.50. The Morgan fingerprint density at radius 1 is 0.415 bits per heavy atom. The van der Waals surface area contributed by atoms with E-state index >= 15 is 0 Å². The molecule has 2 heterocycles. The van der Waals surface area contributed by atoms with Gasteiger partial charge in [-0.3, -0.25) is 0 Å². The molecule has 9 rings (SSSR count). The predicted molar refractivity (Wildman–Crippen MR) is 173 cm³/mol. The standard InChI is InChI=1S/C39H28N2/c1-39(2)31-17-9-6-14-27(31)28-21-20-26(24-32(28)39)41-34-19-11-8-16-30(34)38-36(41)23-22-35-37(38)29-15-7-10-18-33(29)40(35)25-12-4-3-5-13-25/h3-24H,1-2H3. The van der Waals surface area contributed by atoms with Crippen molar-refractivity contribution in [2.75, 3.05) is 0 Å². The predicted octanol–water partition coefficient (Wildman–Crippen LogP) is 10.2. The van der Waals surface area contributed by atoms with Crippen LogP contribution < -0.4 is 0 Å². The van der Waals surface area contributed by atoms with Crippen molar-refractivity contribution in [3.63, 3.8) is 0 Å². The number of benzene rings is 6. The average Bonchev–Trinajstić information content (AvgIpc) is 3.61. The fourth-order valence-electron chi connectivity index (χ4n) is 7.48. The van der Waals surface area contributed by atoms with Gasteiger partial charge in [0.1, 0.15) is 0 Å². The molecule has 2 nitrogen and oxygen atoms in total. The number of aromatic nitrogens is 2. The minimum atomic E-state index is -0.0446. The number of hydrogen-bond donors (Lipinski definition) is 0. The van der Waals surface area contributed by atoms with Crippen LogP contribution in [0.1, 0.15) is 25.0 Å². The highest BCUT2D eigenvalue weighted by molar-refractivity contribution is 6.28. The summed E-state index contributed by atoms with van der Waals surface area (Å²) < 4.78 is 4.88. The van der Waals surface area contributed by atoms with Gasteiger partial charge in [-0.25, -0.2) is 0 Å². The molecule has 6 aromatic carbocycles.